The second-order valence-electron chi connectivity index (χ2n) is 5.30. The molecule has 19 heavy (non-hydrogen) atoms. The number of urea groups is 1. The Morgan fingerprint density at radius 2 is 2.16 bits per heavy atom. The summed E-state index contributed by atoms with van der Waals surface area (Å²) in [5.41, 5.74) is -0.0821. The zero-order chi connectivity index (χ0) is 14.0. The fourth-order valence-corrected chi connectivity index (χ4v) is 2.34. The van der Waals surface area contributed by atoms with Crippen LogP contribution in [0.3, 0.4) is 0 Å². The molecule has 1 fully saturated rings. The van der Waals surface area contributed by atoms with Crippen molar-refractivity contribution in [2.75, 3.05) is 25.0 Å². The van der Waals surface area contributed by atoms with Gasteiger partial charge in [0, 0.05) is 30.0 Å². The molecule has 0 atom stereocenters. The molecule has 1 aliphatic heterocycles. The van der Waals surface area contributed by atoms with Gasteiger partial charge in [-0.15, -0.1) is 0 Å². The lowest BCUT2D eigenvalue weighted by atomic mass is 9.96. The Hall–Kier alpha value is -1.70. The summed E-state index contributed by atoms with van der Waals surface area (Å²) in [5.74, 6) is 0.592. The summed E-state index contributed by atoms with van der Waals surface area (Å²) in [7, 11) is 0. The van der Waals surface area contributed by atoms with E-state index in [2.05, 4.69) is 20.0 Å². The molecule has 0 spiro atoms. The number of nitrogens with zero attached hydrogens (tertiary/aromatic N) is 3. The molecular formula is C11H17N5O2S. The fourth-order valence-electron chi connectivity index (χ4n) is 1.56. The van der Waals surface area contributed by atoms with Crippen LogP contribution in [-0.4, -0.2) is 45.8 Å². The fraction of sp³-hybridized carbons (Fsp3) is 0.636. The van der Waals surface area contributed by atoms with Crippen molar-refractivity contribution in [3.63, 3.8) is 0 Å². The molecule has 1 aromatic rings. The maximum absolute atomic E-state index is 11.4. The van der Waals surface area contributed by atoms with E-state index in [0.717, 1.165) is 5.82 Å². The largest absolute Gasteiger partial charge is 0.358 e. The van der Waals surface area contributed by atoms with E-state index in [-0.39, 0.29) is 23.9 Å². The quantitative estimate of drug-likeness (QED) is 0.798. The van der Waals surface area contributed by atoms with Crippen LogP contribution in [0.2, 0.25) is 0 Å². The SMILES string of the molecule is CC(C)(C)c1nsc(NCCN2C(=O)CNC2=O)n1. The van der Waals surface area contributed by atoms with E-state index in [1.54, 1.807) is 0 Å². The number of amides is 3. The molecule has 1 saturated heterocycles. The lowest BCUT2D eigenvalue weighted by molar-refractivity contribution is -0.124. The summed E-state index contributed by atoms with van der Waals surface area (Å²) in [6.07, 6.45) is 0. The van der Waals surface area contributed by atoms with Crippen LogP contribution < -0.4 is 10.6 Å². The third-order valence-electron chi connectivity index (χ3n) is 2.65. The number of carbonyl (C=O) groups is 2. The summed E-state index contributed by atoms with van der Waals surface area (Å²) < 4.78 is 4.28. The van der Waals surface area contributed by atoms with Crippen LogP contribution in [0.1, 0.15) is 26.6 Å². The van der Waals surface area contributed by atoms with E-state index in [1.165, 1.54) is 16.4 Å². The monoisotopic (exact) mass is 283 g/mol. The number of hydrogen-bond donors (Lipinski definition) is 2. The van der Waals surface area contributed by atoms with Gasteiger partial charge in [0.2, 0.25) is 11.0 Å². The van der Waals surface area contributed by atoms with Crippen molar-refractivity contribution in [2.45, 2.75) is 26.2 Å². The molecule has 7 nitrogen and oxygen atoms in total. The van der Waals surface area contributed by atoms with Gasteiger partial charge in [0.15, 0.2) is 0 Å². The van der Waals surface area contributed by atoms with E-state index in [9.17, 15) is 9.59 Å². The van der Waals surface area contributed by atoms with Gasteiger partial charge in [0.25, 0.3) is 0 Å². The highest BCUT2D eigenvalue weighted by Gasteiger charge is 2.27. The Bertz CT molecular complexity index is 478. The normalized spacial score (nSPS) is 15.8. The van der Waals surface area contributed by atoms with E-state index >= 15 is 0 Å². The third kappa shape index (κ3) is 3.19. The van der Waals surface area contributed by atoms with Crippen molar-refractivity contribution in [3.8, 4) is 0 Å². The number of hydrogen-bond acceptors (Lipinski definition) is 6. The Morgan fingerprint density at radius 1 is 1.42 bits per heavy atom. The second-order valence-corrected chi connectivity index (χ2v) is 6.06. The second kappa shape index (κ2) is 5.12. The van der Waals surface area contributed by atoms with E-state index in [4.69, 9.17) is 0 Å². The Kier molecular flexibility index (Phi) is 3.70. The standard InChI is InChI=1S/C11H17N5O2S/c1-11(2,3)8-14-9(19-15-8)12-4-5-16-7(17)6-13-10(16)18/h4-6H2,1-3H3,(H,13,18)(H,12,14,15). The molecule has 0 aromatic carbocycles. The van der Waals surface area contributed by atoms with Crippen molar-refractivity contribution in [1.82, 2.24) is 19.6 Å². The van der Waals surface area contributed by atoms with Crippen LogP contribution in [0.25, 0.3) is 0 Å². The molecule has 104 valence electrons. The minimum Gasteiger partial charge on any atom is -0.358 e. The minimum absolute atomic E-state index is 0.0821. The molecule has 2 rings (SSSR count). The van der Waals surface area contributed by atoms with Gasteiger partial charge in [0.05, 0.1) is 6.54 Å². The maximum atomic E-state index is 11.4. The first kappa shape index (κ1) is 13.7. The average Bonchev–Trinajstić information content (AvgIpc) is 2.90. The highest BCUT2D eigenvalue weighted by Crippen LogP contribution is 2.22. The molecule has 8 heteroatoms. The lowest BCUT2D eigenvalue weighted by Crippen LogP contribution is -2.35. The number of imide groups is 1. The zero-order valence-electron chi connectivity index (χ0n) is 11.2. The lowest BCUT2D eigenvalue weighted by Gasteiger charge is -2.13. The van der Waals surface area contributed by atoms with Gasteiger partial charge in [-0.2, -0.15) is 4.37 Å². The predicted molar refractivity (Wildman–Crippen MR) is 72.2 cm³/mol. The highest BCUT2D eigenvalue weighted by molar-refractivity contribution is 7.09. The first-order chi connectivity index (χ1) is 8.88. The first-order valence-corrected chi connectivity index (χ1v) is 6.81. The number of rotatable bonds is 4. The number of nitrogens with one attached hydrogen (secondary N) is 2. The maximum Gasteiger partial charge on any atom is 0.324 e. The summed E-state index contributed by atoms with van der Waals surface area (Å²) in [5, 5.41) is 6.26. The van der Waals surface area contributed by atoms with Crippen LogP contribution in [0.15, 0.2) is 0 Å². The third-order valence-corrected chi connectivity index (χ3v) is 3.32. The molecular weight excluding hydrogens is 266 g/mol. The molecule has 1 aliphatic rings. The van der Waals surface area contributed by atoms with E-state index in [1.807, 2.05) is 20.8 Å². The Balaban J connectivity index is 1.85. The molecule has 1 aromatic heterocycles. The molecule has 2 heterocycles. The summed E-state index contributed by atoms with van der Waals surface area (Å²) >= 11 is 1.28. The van der Waals surface area contributed by atoms with Gasteiger partial charge < -0.3 is 10.6 Å². The van der Waals surface area contributed by atoms with Crippen molar-refractivity contribution in [3.05, 3.63) is 5.82 Å². The van der Waals surface area contributed by atoms with Crippen molar-refractivity contribution in [1.29, 1.82) is 0 Å². The van der Waals surface area contributed by atoms with Gasteiger partial charge in [-0.05, 0) is 0 Å². The molecule has 0 radical (unpaired) electrons. The van der Waals surface area contributed by atoms with Crippen LogP contribution in [-0.2, 0) is 10.2 Å². The summed E-state index contributed by atoms with van der Waals surface area (Å²) in [6, 6.07) is -0.334. The van der Waals surface area contributed by atoms with E-state index in [0.29, 0.717) is 18.2 Å². The van der Waals surface area contributed by atoms with Crippen LogP contribution >= 0.6 is 11.5 Å². The van der Waals surface area contributed by atoms with Crippen LogP contribution in [0.5, 0.6) is 0 Å². The van der Waals surface area contributed by atoms with Crippen molar-refractivity contribution < 1.29 is 9.59 Å². The highest BCUT2D eigenvalue weighted by atomic mass is 32.1. The van der Waals surface area contributed by atoms with Crippen LogP contribution in [0, 0.1) is 0 Å². The molecule has 3 amide bonds. The number of carbonyl (C=O) groups excluding carboxylic acids is 2. The summed E-state index contributed by atoms with van der Waals surface area (Å²) in [4.78, 5) is 28.2. The smallest absolute Gasteiger partial charge is 0.324 e. The summed E-state index contributed by atoms with van der Waals surface area (Å²) in [6.45, 7) is 7.03. The molecule has 0 saturated carbocycles. The first-order valence-electron chi connectivity index (χ1n) is 6.04. The van der Waals surface area contributed by atoms with Gasteiger partial charge in [0.1, 0.15) is 5.82 Å². The minimum atomic E-state index is -0.334. The number of aromatic nitrogens is 2. The van der Waals surface area contributed by atoms with Crippen molar-refractivity contribution >= 4 is 28.6 Å². The Labute approximate surface area is 115 Å². The molecule has 0 unspecified atom stereocenters. The van der Waals surface area contributed by atoms with Gasteiger partial charge >= 0.3 is 6.03 Å². The van der Waals surface area contributed by atoms with E-state index < -0.39 is 0 Å². The molecule has 0 bridgehead atoms. The average molecular weight is 283 g/mol. The van der Waals surface area contributed by atoms with Gasteiger partial charge in [-0.25, -0.2) is 9.78 Å². The van der Waals surface area contributed by atoms with Crippen molar-refractivity contribution in [2.24, 2.45) is 0 Å². The topological polar surface area (TPSA) is 87.2 Å². The zero-order valence-corrected chi connectivity index (χ0v) is 12.0. The predicted octanol–water partition coefficient (Wildman–Crippen LogP) is 0.799. The van der Waals surface area contributed by atoms with Crippen LogP contribution in [0.4, 0.5) is 9.93 Å². The molecule has 0 aliphatic carbocycles. The number of anilines is 1. The molecule has 2 N–H and O–H groups in total. The van der Waals surface area contributed by atoms with Gasteiger partial charge in [-0.1, -0.05) is 20.8 Å². The van der Waals surface area contributed by atoms with Gasteiger partial charge in [-0.3, -0.25) is 9.69 Å². The Morgan fingerprint density at radius 3 is 2.68 bits per heavy atom.